The molecule has 0 aliphatic carbocycles. The molecule has 2 fully saturated rings. The minimum atomic E-state index is -0.170. The van der Waals surface area contributed by atoms with Crippen LogP contribution in [0.25, 0.3) is 0 Å². The molecule has 0 radical (unpaired) electrons. The fraction of sp³-hybridized carbons (Fsp3) is 0.500. The van der Waals surface area contributed by atoms with E-state index in [1.807, 2.05) is 49.4 Å². The molecule has 0 bridgehead atoms. The first-order chi connectivity index (χ1) is 15.1. The third-order valence-corrected chi connectivity index (χ3v) is 6.77. The second kappa shape index (κ2) is 10.5. The minimum absolute atomic E-state index is 0.00511. The number of halogens is 1. The zero-order chi connectivity index (χ0) is 21.6. The second-order valence-electron chi connectivity index (χ2n) is 9.04. The normalized spacial score (nSPS) is 20.6. The van der Waals surface area contributed by atoms with E-state index >= 15 is 0 Å². The van der Waals surface area contributed by atoms with Crippen LogP contribution in [0.4, 0.5) is 4.39 Å². The van der Waals surface area contributed by atoms with Crippen LogP contribution in [-0.2, 0) is 0 Å². The van der Waals surface area contributed by atoms with E-state index < -0.39 is 0 Å². The number of benzene rings is 2. The minimum Gasteiger partial charge on any atom is -0.300 e. The summed E-state index contributed by atoms with van der Waals surface area (Å²) in [6.45, 7) is 10.1. The molecule has 4 rings (SSSR count). The van der Waals surface area contributed by atoms with Crippen molar-refractivity contribution in [1.29, 1.82) is 0 Å². The Hall–Kier alpha value is -2.08. The summed E-state index contributed by atoms with van der Waals surface area (Å²) in [4.78, 5) is 20.2. The van der Waals surface area contributed by atoms with E-state index in [1.54, 1.807) is 12.1 Å². The highest BCUT2D eigenvalue weighted by Gasteiger charge is 2.28. The van der Waals surface area contributed by atoms with Crippen molar-refractivity contribution in [3.8, 4) is 0 Å². The smallest absolute Gasteiger partial charge is 0.166 e. The maximum absolute atomic E-state index is 13.4. The Morgan fingerprint density at radius 1 is 0.839 bits per heavy atom. The highest BCUT2D eigenvalue weighted by Crippen LogP contribution is 2.27. The number of Topliss-reactive ketones (excluding diaryl/α,β-unsaturated/α-hetero) is 1. The molecule has 0 aromatic heterocycles. The molecule has 31 heavy (non-hydrogen) atoms. The number of hydrogen-bond donors (Lipinski definition) is 0. The zero-order valence-electron chi connectivity index (χ0n) is 18.5. The maximum Gasteiger partial charge on any atom is 0.166 e. The third-order valence-electron chi connectivity index (χ3n) is 6.77. The molecular weight excluding hydrogens is 389 g/mol. The van der Waals surface area contributed by atoms with Gasteiger partial charge in [-0.05, 0) is 43.6 Å². The largest absolute Gasteiger partial charge is 0.300 e. The van der Waals surface area contributed by atoms with Crippen LogP contribution in [0.15, 0.2) is 54.6 Å². The van der Waals surface area contributed by atoms with Crippen LogP contribution in [0.2, 0.25) is 0 Å². The SMILES string of the molecule is C[C@H](CN1CCN(C[C@@H](c2ccc(F)cc2)N2CCCC2)CC1)C(=O)c1ccccc1. The summed E-state index contributed by atoms with van der Waals surface area (Å²) in [6.07, 6.45) is 2.50. The van der Waals surface area contributed by atoms with Gasteiger partial charge in [0.15, 0.2) is 5.78 Å². The van der Waals surface area contributed by atoms with Gasteiger partial charge in [0.1, 0.15) is 5.82 Å². The van der Waals surface area contributed by atoms with Crippen molar-refractivity contribution in [2.75, 3.05) is 52.4 Å². The van der Waals surface area contributed by atoms with Crippen molar-refractivity contribution in [2.24, 2.45) is 5.92 Å². The Morgan fingerprint density at radius 2 is 1.42 bits per heavy atom. The van der Waals surface area contributed by atoms with E-state index in [2.05, 4.69) is 14.7 Å². The van der Waals surface area contributed by atoms with Gasteiger partial charge in [-0.15, -0.1) is 0 Å². The monoisotopic (exact) mass is 423 g/mol. The molecule has 2 heterocycles. The molecule has 4 nitrogen and oxygen atoms in total. The summed E-state index contributed by atoms with van der Waals surface area (Å²) in [5.74, 6) is 0.0654. The molecule has 166 valence electrons. The lowest BCUT2D eigenvalue weighted by molar-refractivity contribution is 0.0769. The Labute approximate surface area is 185 Å². The number of piperazine rings is 1. The van der Waals surface area contributed by atoms with Gasteiger partial charge in [0, 0.05) is 56.8 Å². The molecule has 5 heteroatoms. The Morgan fingerprint density at radius 3 is 2.03 bits per heavy atom. The van der Waals surface area contributed by atoms with Crippen molar-refractivity contribution in [1.82, 2.24) is 14.7 Å². The van der Waals surface area contributed by atoms with E-state index in [-0.39, 0.29) is 17.5 Å². The molecule has 2 aliphatic rings. The van der Waals surface area contributed by atoms with E-state index in [0.29, 0.717) is 6.04 Å². The average molecular weight is 424 g/mol. The van der Waals surface area contributed by atoms with Gasteiger partial charge in [0.25, 0.3) is 0 Å². The summed E-state index contributed by atoms with van der Waals surface area (Å²) in [5.41, 5.74) is 2.02. The summed E-state index contributed by atoms with van der Waals surface area (Å²) in [7, 11) is 0. The van der Waals surface area contributed by atoms with E-state index in [1.165, 1.54) is 18.4 Å². The van der Waals surface area contributed by atoms with Gasteiger partial charge in [-0.3, -0.25) is 14.6 Å². The predicted octanol–water partition coefficient (Wildman–Crippen LogP) is 4.10. The second-order valence-corrected chi connectivity index (χ2v) is 9.04. The lowest BCUT2D eigenvalue weighted by Gasteiger charge is -2.39. The summed E-state index contributed by atoms with van der Waals surface area (Å²) in [6, 6.07) is 17.0. The first kappa shape index (κ1) is 22.1. The molecule has 0 amide bonds. The number of nitrogens with zero attached hydrogens (tertiary/aromatic N) is 3. The van der Waals surface area contributed by atoms with Crippen LogP contribution in [0, 0.1) is 11.7 Å². The molecular formula is C26H34FN3O. The quantitative estimate of drug-likeness (QED) is 0.598. The van der Waals surface area contributed by atoms with Crippen LogP contribution < -0.4 is 0 Å². The van der Waals surface area contributed by atoms with E-state index in [0.717, 1.165) is 57.9 Å². The summed E-state index contributed by atoms with van der Waals surface area (Å²) >= 11 is 0. The van der Waals surface area contributed by atoms with Gasteiger partial charge in [-0.2, -0.15) is 0 Å². The number of likely N-dealkylation sites (tertiary alicyclic amines) is 1. The number of hydrogen-bond acceptors (Lipinski definition) is 4. The molecule has 0 spiro atoms. The number of ketones is 1. The number of carbonyl (C=O) groups is 1. The van der Waals surface area contributed by atoms with Crippen molar-refractivity contribution in [3.05, 3.63) is 71.5 Å². The summed E-state index contributed by atoms with van der Waals surface area (Å²) in [5, 5.41) is 0. The third kappa shape index (κ3) is 5.79. The number of carbonyl (C=O) groups excluding carboxylic acids is 1. The highest BCUT2D eigenvalue weighted by molar-refractivity contribution is 5.97. The molecule has 2 aromatic carbocycles. The lowest BCUT2D eigenvalue weighted by Crippen LogP contribution is -2.50. The van der Waals surface area contributed by atoms with Gasteiger partial charge >= 0.3 is 0 Å². The standard InChI is InChI=1S/C26H34FN3O/c1-21(26(31)23-7-3-2-4-8-23)19-28-15-17-29(18-16-28)20-25(30-13-5-6-14-30)22-9-11-24(27)12-10-22/h2-4,7-12,21,25H,5-6,13-20H2,1H3/t21-,25+/m1/s1. The van der Waals surface area contributed by atoms with Gasteiger partial charge in [0.05, 0.1) is 0 Å². The topological polar surface area (TPSA) is 26.8 Å². The van der Waals surface area contributed by atoms with Crippen molar-refractivity contribution in [3.63, 3.8) is 0 Å². The van der Waals surface area contributed by atoms with Gasteiger partial charge in [-0.25, -0.2) is 4.39 Å². The predicted molar refractivity (Wildman–Crippen MR) is 123 cm³/mol. The Kier molecular flexibility index (Phi) is 7.49. The first-order valence-electron chi connectivity index (χ1n) is 11.6. The van der Waals surface area contributed by atoms with Crippen LogP contribution in [-0.4, -0.2) is 72.8 Å². The molecule has 0 saturated carbocycles. The van der Waals surface area contributed by atoms with Crippen LogP contribution >= 0.6 is 0 Å². The fourth-order valence-electron chi connectivity index (χ4n) is 4.93. The van der Waals surface area contributed by atoms with E-state index in [4.69, 9.17) is 0 Å². The van der Waals surface area contributed by atoms with Crippen molar-refractivity contribution in [2.45, 2.75) is 25.8 Å². The van der Waals surface area contributed by atoms with Crippen LogP contribution in [0.3, 0.4) is 0 Å². The maximum atomic E-state index is 13.4. The van der Waals surface area contributed by atoms with Crippen molar-refractivity contribution >= 4 is 5.78 Å². The Balaban J connectivity index is 1.31. The first-order valence-corrected chi connectivity index (χ1v) is 11.6. The lowest BCUT2D eigenvalue weighted by atomic mass is 9.98. The number of rotatable bonds is 8. The Bertz CT molecular complexity index is 827. The van der Waals surface area contributed by atoms with Gasteiger partial charge in [-0.1, -0.05) is 49.4 Å². The molecule has 2 saturated heterocycles. The van der Waals surface area contributed by atoms with Gasteiger partial charge in [0.2, 0.25) is 0 Å². The van der Waals surface area contributed by atoms with Gasteiger partial charge < -0.3 is 4.90 Å². The molecule has 2 aromatic rings. The average Bonchev–Trinajstić information content (AvgIpc) is 3.34. The van der Waals surface area contributed by atoms with E-state index in [9.17, 15) is 9.18 Å². The zero-order valence-corrected chi connectivity index (χ0v) is 18.5. The molecule has 0 unspecified atom stereocenters. The molecule has 0 N–H and O–H groups in total. The van der Waals surface area contributed by atoms with Crippen LogP contribution in [0.1, 0.15) is 41.7 Å². The highest BCUT2D eigenvalue weighted by atomic mass is 19.1. The van der Waals surface area contributed by atoms with Crippen LogP contribution in [0.5, 0.6) is 0 Å². The van der Waals surface area contributed by atoms with Crippen molar-refractivity contribution < 1.29 is 9.18 Å². The fourth-order valence-corrected chi connectivity index (χ4v) is 4.93. The molecule has 2 aliphatic heterocycles. The summed E-state index contributed by atoms with van der Waals surface area (Å²) < 4.78 is 13.4. The molecule has 2 atom stereocenters.